The van der Waals surface area contributed by atoms with Crippen LogP contribution < -0.4 is 0 Å². The largest absolute Gasteiger partial charge is 0.380 e. The minimum atomic E-state index is -0.569. The summed E-state index contributed by atoms with van der Waals surface area (Å²) in [5.74, 6) is 0.757. The molecule has 0 saturated heterocycles. The van der Waals surface area contributed by atoms with E-state index in [1.807, 2.05) is 10.8 Å². The predicted molar refractivity (Wildman–Crippen MR) is 68.3 cm³/mol. The van der Waals surface area contributed by atoms with E-state index in [-0.39, 0.29) is 0 Å². The van der Waals surface area contributed by atoms with Crippen LogP contribution in [0.1, 0.15) is 40.6 Å². The fourth-order valence-electron chi connectivity index (χ4n) is 2.45. The Kier molecular flexibility index (Phi) is 2.76. The Morgan fingerprint density at radius 3 is 3.18 bits per heavy atom. The predicted octanol–water partition coefficient (Wildman–Crippen LogP) is 2.53. The van der Waals surface area contributed by atoms with E-state index in [1.165, 1.54) is 29.7 Å². The summed E-state index contributed by atoms with van der Waals surface area (Å²) in [5.41, 5.74) is 1.43. The number of imidazole rings is 1. The molecule has 17 heavy (non-hydrogen) atoms. The Morgan fingerprint density at radius 2 is 2.41 bits per heavy atom. The molecule has 2 aromatic heterocycles. The number of fused-ring (bicyclic) bond motifs is 1. The summed E-state index contributed by atoms with van der Waals surface area (Å²) in [6.07, 6.45) is 6.71. The Morgan fingerprint density at radius 1 is 1.53 bits per heavy atom. The lowest BCUT2D eigenvalue weighted by Crippen LogP contribution is -2.07. The van der Waals surface area contributed by atoms with Gasteiger partial charge in [0.05, 0.1) is 0 Å². The van der Waals surface area contributed by atoms with Gasteiger partial charge in [0.15, 0.2) is 0 Å². The van der Waals surface area contributed by atoms with Crippen LogP contribution in [0, 0.1) is 0 Å². The molecule has 2 aromatic rings. The number of aromatic nitrogens is 2. The van der Waals surface area contributed by atoms with Gasteiger partial charge >= 0.3 is 0 Å². The molecular weight excluding hydrogens is 232 g/mol. The number of rotatable bonds is 3. The van der Waals surface area contributed by atoms with Gasteiger partial charge in [-0.05, 0) is 37.8 Å². The van der Waals surface area contributed by atoms with Crippen molar-refractivity contribution in [2.75, 3.05) is 0 Å². The van der Waals surface area contributed by atoms with Crippen LogP contribution in [0.3, 0.4) is 0 Å². The lowest BCUT2D eigenvalue weighted by molar-refractivity contribution is 0.208. The highest BCUT2D eigenvalue weighted by Crippen LogP contribution is 2.35. The second kappa shape index (κ2) is 4.27. The first-order valence-corrected chi connectivity index (χ1v) is 6.92. The van der Waals surface area contributed by atoms with Crippen LogP contribution in [-0.4, -0.2) is 14.7 Å². The molecule has 1 N–H and O–H groups in total. The van der Waals surface area contributed by atoms with Crippen molar-refractivity contribution < 1.29 is 5.11 Å². The van der Waals surface area contributed by atoms with Crippen molar-refractivity contribution in [1.29, 1.82) is 0 Å². The van der Waals surface area contributed by atoms with E-state index in [0.717, 1.165) is 17.2 Å². The van der Waals surface area contributed by atoms with E-state index in [1.54, 1.807) is 17.5 Å². The topological polar surface area (TPSA) is 38.0 Å². The normalized spacial score (nSPS) is 16.1. The molecule has 2 heterocycles. The van der Waals surface area contributed by atoms with Crippen LogP contribution in [0.25, 0.3) is 0 Å². The number of nitrogens with zero attached hydrogens (tertiary/aromatic N) is 2. The highest BCUT2D eigenvalue weighted by atomic mass is 32.1. The van der Waals surface area contributed by atoms with Crippen molar-refractivity contribution in [2.24, 2.45) is 0 Å². The number of thiophene rings is 1. The molecule has 0 saturated carbocycles. The van der Waals surface area contributed by atoms with Gasteiger partial charge in [0.2, 0.25) is 0 Å². The molecule has 1 atom stereocenters. The molecule has 0 fully saturated rings. The average molecular weight is 248 g/mol. The van der Waals surface area contributed by atoms with E-state index >= 15 is 0 Å². The second-order valence-corrected chi connectivity index (χ2v) is 5.59. The van der Waals surface area contributed by atoms with Crippen molar-refractivity contribution in [1.82, 2.24) is 9.55 Å². The Hall–Kier alpha value is -1.13. The van der Waals surface area contributed by atoms with Crippen LogP contribution in [0.4, 0.5) is 0 Å². The molecule has 0 aromatic carbocycles. The van der Waals surface area contributed by atoms with Crippen molar-refractivity contribution in [3.63, 3.8) is 0 Å². The Bertz CT molecular complexity index is 508. The number of aliphatic hydroxyl groups excluding tert-OH is 1. The molecule has 1 unspecified atom stereocenters. The molecule has 0 spiro atoms. The number of hydrogen-bond donors (Lipinski definition) is 1. The summed E-state index contributed by atoms with van der Waals surface area (Å²) < 4.78 is 2.00. The molecule has 1 aliphatic carbocycles. The van der Waals surface area contributed by atoms with Gasteiger partial charge in [0, 0.05) is 28.7 Å². The molecule has 3 rings (SSSR count). The van der Waals surface area contributed by atoms with Crippen LogP contribution in [0.15, 0.2) is 18.5 Å². The Labute approximate surface area is 105 Å². The third-order valence-electron chi connectivity index (χ3n) is 3.37. The van der Waals surface area contributed by atoms with Gasteiger partial charge in [0.25, 0.3) is 0 Å². The standard InChI is InChI=1S/C13H16N2OS/c1-2-15-7-6-14-13(15)12(16)11-8-9-4-3-5-10(9)17-11/h6-8,12,16H,2-5H2,1H3. The average Bonchev–Trinajstić information content (AvgIpc) is 3.02. The molecule has 0 aliphatic heterocycles. The summed E-state index contributed by atoms with van der Waals surface area (Å²) in [4.78, 5) is 6.76. The summed E-state index contributed by atoms with van der Waals surface area (Å²) in [5, 5.41) is 10.4. The first kappa shape index (κ1) is 11.0. The Balaban J connectivity index is 1.93. The maximum Gasteiger partial charge on any atom is 0.146 e. The fourth-order valence-corrected chi connectivity index (χ4v) is 3.69. The minimum Gasteiger partial charge on any atom is -0.380 e. The first-order valence-electron chi connectivity index (χ1n) is 6.10. The SMILES string of the molecule is CCn1ccnc1C(O)c1cc2c(s1)CCC2. The lowest BCUT2D eigenvalue weighted by Gasteiger charge is -2.10. The van der Waals surface area contributed by atoms with E-state index in [0.29, 0.717) is 0 Å². The molecule has 0 bridgehead atoms. The van der Waals surface area contributed by atoms with Gasteiger partial charge < -0.3 is 9.67 Å². The second-order valence-electron chi connectivity index (χ2n) is 4.42. The summed E-state index contributed by atoms with van der Waals surface area (Å²) in [6.45, 7) is 2.91. The summed E-state index contributed by atoms with van der Waals surface area (Å²) in [7, 11) is 0. The lowest BCUT2D eigenvalue weighted by atomic mass is 10.2. The third kappa shape index (κ3) is 1.81. The van der Waals surface area contributed by atoms with E-state index in [9.17, 15) is 5.11 Å². The molecule has 0 amide bonds. The van der Waals surface area contributed by atoms with Crippen LogP contribution in [-0.2, 0) is 19.4 Å². The smallest absolute Gasteiger partial charge is 0.146 e. The zero-order valence-corrected chi connectivity index (χ0v) is 10.7. The fraction of sp³-hybridized carbons (Fsp3) is 0.462. The first-order chi connectivity index (χ1) is 8.29. The summed E-state index contributed by atoms with van der Waals surface area (Å²) in [6, 6.07) is 2.16. The van der Waals surface area contributed by atoms with Gasteiger partial charge in [-0.2, -0.15) is 0 Å². The highest BCUT2D eigenvalue weighted by Gasteiger charge is 2.22. The van der Waals surface area contributed by atoms with E-state index < -0.39 is 6.10 Å². The van der Waals surface area contributed by atoms with Crippen molar-refractivity contribution >= 4 is 11.3 Å². The quantitative estimate of drug-likeness (QED) is 0.906. The van der Waals surface area contributed by atoms with Crippen LogP contribution >= 0.6 is 11.3 Å². The van der Waals surface area contributed by atoms with Gasteiger partial charge in [0.1, 0.15) is 11.9 Å². The molecule has 0 radical (unpaired) electrons. The van der Waals surface area contributed by atoms with Crippen LogP contribution in [0.5, 0.6) is 0 Å². The molecule has 4 heteroatoms. The van der Waals surface area contributed by atoms with Gasteiger partial charge in [-0.25, -0.2) is 4.98 Å². The van der Waals surface area contributed by atoms with E-state index in [2.05, 4.69) is 18.0 Å². The monoisotopic (exact) mass is 248 g/mol. The van der Waals surface area contributed by atoms with Crippen molar-refractivity contribution in [3.8, 4) is 0 Å². The molecule has 1 aliphatic rings. The highest BCUT2D eigenvalue weighted by molar-refractivity contribution is 7.12. The van der Waals surface area contributed by atoms with Crippen molar-refractivity contribution in [2.45, 2.75) is 38.8 Å². The molecular formula is C13H16N2OS. The number of hydrogen-bond acceptors (Lipinski definition) is 3. The van der Waals surface area contributed by atoms with Gasteiger partial charge in [-0.3, -0.25) is 0 Å². The molecule has 3 nitrogen and oxygen atoms in total. The zero-order chi connectivity index (χ0) is 11.8. The third-order valence-corrected chi connectivity index (χ3v) is 4.66. The van der Waals surface area contributed by atoms with E-state index in [4.69, 9.17) is 0 Å². The molecule has 90 valence electrons. The minimum absolute atomic E-state index is 0.569. The maximum absolute atomic E-state index is 10.4. The maximum atomic E-state index is 10.4. The van der Waals surface area contributed by atoms with Gasteiger partial charge in [-0.15, -0.1) is 11.3 Å². The summed E-state index contributed by atoms with van der Waals surface area (Å²) >= 11 is 1.74. The van der Waals surface area contributed by atoms with Crippen molar-refractivity contribution in [3.05, 3.63) is 39.6 Å². The number of aryl methyl sites for hydroxylation is 3. The number of aliphatic hydroxyl groups is 1. The van der Waals surface area contributed by atoms with Crippen LogP contribution in [0.2, 0.25) is 0 Å². The van der Waals surface area contributed by atoms with Gasteiger partial charge in [-0.1, -0.05) is 0 Å². The zero-order valence-electron chi connectivity index (χ0n) is 9.89.